The first-order valence-electron chi connectivity index (χ1n) is 12.5. The topological polar surface area (TPSA) is 12.5 Å². The molecule has 0 radical (unpaired) electrons. The summed E-state index contributed by atoms with van der Waals surface area (Å²) in [6.45, 7) is 17.8. The van der Waals surface area contributed by atoms with Gasteiger partial charge in [0.2, 0.25) is 0 Å². The van der Waals surface area contributed by atoms with Gasteiger partial charge in [0.05, 0.1) is 11.7 Å². The van der Waals surface area contributed by atoms with Crippen molar-refractivity contribution in [2.75, 3.05) is 0 Å². The maximum atomic E-state index is 6.01. The first-order valence-corrected chi connectivity index (χ1v) is 12.5. The van der Waals surface area contributed by atoms with Crippen LogP contribution in [-0.4, -0.2) is 11.7 Å². The van der Waals surface area contributed by atoms with E-state index in [1.165, 1.54) is 66.4 Å². The molecule has 1 fully saturated rings. The summed E-state index contributed by atoms with van der Waals surface area (Å²) in [4.78, 5) is 0. The van der Waals surface area contributed by atoms with Crippen molar-refractivity contribution < 1.29 is 4.74 Å². The van der Waals surface area contributed by atoms with Crippen molar-refractivity contribution in [3.8, 4) is 0 Å². The molecule has 0 N–H and O–H groups in total. The van der Waals surface area contributed by atoms with Crippen molar-refractivity contribution in [3.63, 3.8) is 0 Å². The molecule has 0 aromatic heterocycles. The highest BCUT2D eigenvalue weighted by Gasteiger charge is 2.50. The molecule has 2 atom stereocenters. The summed E-state index contributed by atoms with van der Waals surface area (Å²) in [6.07, 6.45) is 24.1. The minimum absolute atomic E-state index is 0.129. The van der Waals surface area contributed by atoms with Crippen LogP contribution >= 0.6 is 0 Å². The Morgan fingerprint density at radius 2 is 1.06 bits per heavy atom. The third-order valence-electron chi connectivity index (χ3n) is 6.30. The summed E-state index contributed by atoms with van der Waals surface area (Å²) in [5, 5.41) is 0. The monoisotopic (exact) mass is 426 g/mol. The molecule has 0 aliphatic carbocycles. The number of epoxide rings is 1. The Kier molecular flexibility index (Phi) is 13.1. The average Bonchev–Trinajstić information content (AvgIpc) is 3.32. The Labute approximate surface area is 194 Å². The zero-order valence-corrected chi connectivity index (χ0v) is 21.9. The molecular formula is C30H50O. The average molecular weight is 427 g/mol. The molecule has 1 heteroatoms. The van der Waals surface area contributed by atoms with Crippen molar-refractivity contribution in [1.82, 2.24) is 0 Å². The van der Waals surface area contributed by atoms with Crippen LogP contribution in [0.4, 0.5) is 0 Å². The van der Waals surface area contributed by atoms with E-state index in [4.69, 9.17) is 4.74 Å². The fraction of sp³-hybridized carbons (Fsp3) is 0.667. The predicted octanol–water partition coefficient (Wildman–Crippen LogP) is 9.82. The predicted molar refractivity (Wildman–Crippen MR) is 140 cm³/mol. The van der Waals surface area contributed by atoms with Gasteiger partial charge in [-0.1, -0.05) is 58.2 Å². The number of ether oxygens (including phenoxy) is 1. The molecule has 1 heterocycles. The van der Waals surface area contributed by atoms with E-state index < -0.39 is 0 Å². The fourth-order valence-corrected chi connectivity index (χ4v) is 3.98. The molecule has 0 aromatic carbocycles. The molecule has 0 bridgehead atoms. The number of hydrogen-bond acceptors (Lipinski definition) is 1. The summed E-state index contributed by atoms with van der Waals surface area (Å²) < 4.78 is 6.01. The maximum absolute atomic E-state index is 6.01. The Hall–Kier alpha value is -1.34. The second-order valence-electron chi connectivity index (χ2n) is 10.4. The van der Waals surface area contributed by atoms with Gasteiger partial charge in [0.1, 0.15) is 0 Å². The van der Waals surface area contributed by atoms with E-state index in [0.29, 0.717) is 6.10 Å². The minimum atomic E-state index is 0.129. The van der Waals surface area contributed by atoms with Gasteiger partial charge < -0.3 is 4.74 Å². The van der Waals surface area contributed by atoms with Crippen LogP contribution in [0.2, 0.25) is 0 Å². The molecule has 1 aliphatic rings. The summed E-state index contributed by atoms with van der Waals surface area (Å²) in [5.74, 6) is 0. The van der Waals surface area contributed by atoms with Crippen LogP contribution in [0, 0.1) is 0 Å². The van der Waals surface area contributed by atoms with E-state index in [2.05, 4.69) is 85.8 Å². The zero-order valence-electron chi connectivity index (χ0n) is 21.9. The molecule has 1 rings (SSSR count). The lowest BCUT2D eigenvalue weighted by Crippen LogP contribution is -2.09. The number of allylic oxidation sites excluding steroid dienone is 10. The van der Waals surface area contributed by atoms with Crippen LogP contribution in [0.15, 0.2) is 58.2 Å². The Morgan fingerprint density at radius 1 is 0.613 bits per heavy atom. The third kappa shape index (κ3) is 13.6. The highest BCUT2D eigenvalue weighted by Crippen LogP contribution is 2.43. The standard InChI is InChI=1S/C30H50O/c1-24(2)14-11-18-27(6)20-12-19-26(5)16-9-10-17-28(7)21-22-29-30(8,31-29)23-13-15-25(3)4/h14-17,20,29H,9-13,18-19,21-23H2,1-8H3. The third-order valence-corrected chi connectivity index (χ3v) is 6.30. The van der Waals surface area contributed by atoms with E-state index in [1.807, 2.05) is 0 Å². The summed E-state index contributed by atoms with van der Waals surface area (Å²) in [6, 6.07) is 0. The van der Waals surface area contributed by atoms with Crippen LogP contribution < -0.4 is 0 Å². The Bertz CT molecular complexity index is 677. The van der Waals surface area contributed by atoms with Crippen LogP contribution in [0.25, 0.3) is 0 Å². The highest BCUT2D eigenvalue weighted by atomic mass is 16.6. The van der Waals surface area contributed by atoms with Crippen LogP contribution in [0.1, 0.15) is 120 Å². The molecule has 176 valence electrons. The van der Waals surface area contributed by atoms with Crippen LogP contribution in [0.3, 0.4) is 0 Å². The summed E-state index contributed by atoms with van der Waals surface area (Å²) in [7, 11) is 0. The molecular weight excluding hydrogens is 376 g/mol. The number of unbranched alkanes of at least 4 members (excludes halogenated alkanes) is 1. The Morgan fingerprint density at radius 3 is 1.61 bits per heavy atom. The normalized spacial score (nSPS) is 21.8. The molecule has 0 saturated carbocycles. The molecule has 0 spiro atoms. The quantitative estimate of drug-likeness (QED) is 0.144. The molecule has 1 aliphatic heterocycles. The van der Waals surface area contributed by atoms with Gasteiger partial charge in [-0.15, -0.1) is 0 Å². The fourth-order valence-electron chi connectivity index (χ4n) is 3.98. The highest BCUT2D eigenvalue weighted by molar-refractivity contribution is 5.08. The lowest BCUT2D eigenvalue weighted by molar-refractivity contribution is 0.295. The molecule has 2 unspecified atom stereocenters. The van der Waals surface area contributed by atoms with Crippen molar-refractivity contribution in [2.45, 2.75) is 131 Å². The van der Waals surface area contributed by atoms with Gasteiger partial charge in [0.15, 0.2) is 0 Å². The second kappa shape index (κ2) is 14.7. The van der Waals surface area contributed by atoms with Crippen molar-refractivity contribution in [1.29, 1.82) is 0 Å². The Balaban J connectivity index is 2.18. The smallest absolute Gasteiger partial charge is 0.0923 e. The maximum Gasteiger partial charge on any atom is 0.0923 e. The SMILES string of the molecule is CC(C)=CCCC(C)=CCCC(C)=CCCC=C(C)CCC1OC1(C)CCC=C(C)C. The van der Waals surface area contributed by atoms with E-state index in [-0.39, 0.29) is 5.60 Å². The first-order chi connectivity index (χ1) is 14.6. The van der Waals surface area contributed by atoms with Crippen molar-refractivity contribution >= 4 is 0 Å². The van der Waals surface area contributed by atoms with E-state index in [0.717, 1.165) is 25.7 Å². The van der Waals surface area contributed by atoms with Gasteiger partial charge in [-0.2, -0.15) is 0 Å². The first kappa shape index (κ1) is 27.7. The zero-order chi connectivity index (χ0) is 23.3. The van der Waals surface area contributed by atoms with Crippen molar-refractivity contribution in [3.05, 3.63) is 58.2 Å². The van der Waals surface area contributed by atoms with Crippen molar-refractivity contribution in [2.24, 2.45) is 0 Å². The van der Waals surface area contributed by atoms with Gasteiger partial charge in [-0.05, 0) is 120 Å². The van der Waals surface area contributed by atoms with Crippen LogP contribution in [-0.2, 0) is 4.74 Å². The molecule has 1 saturated heterocycles. The summed E-state index contributed by atoms with van der Waals surface area (Å²) >= 11 is 0. The molecule has 31 heavy (non-hydrogen) atoms. The largest absolute Gasteiger partial charge is 0.366 e. The number of rotatable bonds is 15. The number of hydrogen-bond donors (Lipinski definition) is 0. The van der Waals surface area contributed by atoms with Gasteiger partial charge in [0, 0.05) is 0 Å². The van der Waals surface area contributed by atoms with E-state index in [9.17, 15) is 0 Å². The van der Waals surface area contributed by atoms with Gasteiger partial charge in [-0.25, -0.2) is 0 Å². The lowest BCUT2D eigenvalue weighted by Gasteiger charge is -2.05. The van der Waals surface area contributed by atoms with E-state index >= 15 is 0 Å². The van der Waals surface area contributed by atoms with E-state index in [1.54, 1.807) is 0 Å². The molecule has 1 nitrogen and oxygen atoms in total. The minimum Gasteiger partial charge on any atom is -0.366 e. The van der Waals surface area contributed by atoms with Crippen LogP contribution in [0.5, 0.6) is 0 Å². The summed E-state index contributed by atoms with van der Waals surface area (Å²) in [5.41, 5.74) is 7.53. The van der Waals surface area contributed by atoms with Gasteiger partial charge in [-0.3, -0.25) is 0 Å². The van der Waals surface area contributed by atoms with Gasteiger partial charge >= 0.3 is 0 Å². The second-order valence-corrected chi connectivity index (χ2v) is 10.4. The molecule has 0 amide bonds. The molecule has 0 aromatic rings. The van der Waals surface area contributed by atoms with Gasteiger partial charge in [0.25, 0.3) is 0 Å². The lowest BCUT2D eigenvalue weighted by atomic mass is 9.96.